The second-order valence-electron chi connectivity index (χ2n) is 6.63. The molecule has 2 amide bonds. The van der Waals surface area contributed by atoms with E-state index < -0.39 is 0 Å². The average Bonchev–Trinajstić information content (AvgIpc) is 3.43. The third kappa shape index (κ3) is 3.95. The van der Waals surface area contributed by atoms with Crippen molar-refractivity contribution in [1.82, 2.24) is 25.3 Å². The topological polar surface area (TPSA) is 93.4 Å². The molecule has 1 N–H and O–H groups in total. The van der Waals surface area contributed by atoms with Gasteiger partial charge in [-0.1, -0.05) is 17.3 Å². The van der Waals surface area contributed by atoms with Gasteiger partial charge in [-0.25, -0.2) is 4.79 Å². The minimum absolute atomic E-state index is 0.0751. The number of amides is 2. The maximum atomic E-state index is 12.5. The Hall–Kier alpha value is -3.42. The van der Waals surface area contributed by atoms with Crippen LogP contribution in [0, 0.1) is 0 Å². The number of aromatic nitrogens is 3. The number of benzene rings is 1. The van der Waals surface area contributed by atoms with E-state index in [2.05, 4.69) is 20.4 Å². The second kappa shape index (κ2) is 8.08. The first-order valence-corrected chi connectivity index (χ1v) is 9.12. The summed E-state index contributed by atoms with van der Waals surface area (Å²) in [5.41, 5.74) is 1.85. The molecular formula is C20H21N5O3. The van der Waals surface area contributed by atoms with Gasteiger partial charge >= 0.3 is 6.03 Å². The van der Waals surface area contributed by atoms with Crippen LogP contribution in [-0.4, -0.2) is 46.3 Å². The molecule has 1 aliphatic heterocycles. The number of methoxy groups -OCH3 is 1. The van der Waals surface area contributed by atoms with Gasteiger partial charge < -0.3 is 19.5 Å². The highest BCUT2D eigenvalue weighted by Crippen LogP contribution is 2.27. The number of nitrogens with zero attached hydrogens (tertiary/aromatic N) is 4. The van der Waals surface area contributed by atoms with Crippen molar-refractivity contribution in [3.63, 3.8) is 0 Å². The first-order valence-electron chi connectivity index (χ1n) is 9.12. The molecule has 1 saturated heterocycles. The van der Waals surface area contributed by atoms with Crippen molar-refractivity contribution in [2.24, 2.45) is 0 Å². The Morgan fingerprint density at radius 3 is 2.79 bits per heavy atom. The standard InChI is InChI=1S/C20H21N5O3/c1-27-17-4-2-14(3-5-17)12-22-20(26)25-11-8-16(13-25)18-23-19(28-24-18)15-6-9-21-10-7-15/h2-7,9-10,16H,8,11-13H2,1H3,(H,22,26). The summed E-state index contributed by atoms with van der Waals surface area (Å²) in [4.78, 5) is 22.7. The predicted octanol–water partition coefficient (Wildman–Crippen LogP) is 2.84. The smallest absolute Gasteiger partial charge is 0.317 e. The summed E-state index contributed by atoms with van der Waals surface area (Å²) in [5, 5.41) is 7.06. The molecule has 8 heteroatoms. The highest BCUT2D eigenvalue weighted by molar-refractivity contribution is 5.74. The van der Waals surface area contributed by atoms with Gasteiger partial charge in [0.15, 0.2) is 5.82 Å². The van der Waals surface area contributed by atoms with Crippen molar-refractivity contribution >= 4 is 6.03 Å². The van der Waals surface area contributed by atoms with Crippen molar-refractivity contribution in [1.29, 1.82) is 0 Å². The Kier molecular flexibility index (Phi) is 5.18. The number of hydrogen-bond donors (Lipinski definition) is 1. The number of urea groups is 1. The lowest BCUT2D eigenvalue weighted by atomic mass is 10.1. The molecule has 0 bridgehead atoms. The van der Waals surface area contributed by atoms with E-state index in [1.54, 1.807) is 24.4 Å². The molecule has 1 fully saturated rings. The molecule has 1 atom stereocenters. The minimum atomic E-state index is -0.0869. The Bertz CT molecular complexity index is 927. The van der Waals surface area contributed by atoms with Crippen molar-refractivity contribution < 1.29 is 14.1 Å². The minimum Gasteiger partial charge on any atom is -0.497 e. The van der Waals surface area contributed by atoms with Crippen LogP contribution in [0.1, 0.15) is 23.7 Å². The van der Waals surface area contributed by atoms with E-state index in [4.69, 9.17) is 9.26 Å². The van der Waals surface area contributed by atoms with Gasteiger partial charge in [0.25, 0.3) is 5.89 Å². The van der Waals surface area contributed by atoms with Gasteiger partial charge in [-0.2, -0.15) is 4.98 Å². The number of nitrogens with one attached hydrogen (secondary N) is 1. The van der Waals surface area contributed by atoms with Crippen LogP contribution < -0.4 is 10.1 Å². The highest BCUT2D eigenvalue weighted by Gasteiger charge is 2.30. The van der Waals surface area contributed by atoms with Crippen molar-refractivity contribution in [3.8, 4) is 17.2 Å². The van der Waals surface area contributed by atoms with Crippen LogP contribution in [0.25, 0.3) is 11.5 Å². The third-order valence-electron chi connectivity index (χ3n) is 4.81. The molecule has 3 aromatic rings. The van der Waals surface area contributed by atoms with Gasteiger partial charge in [-0.05, 0) is 36.2 Å². The Morgan fingerprint density at radius 2 is 2.04 bits per heavy atom. The molecule has 28 heavy (non-hydrogen) atoms. The van der Waals surface area contributed by atoms with E-state index >= 15 is 0 Å². The largest absolute Gasteiger partial charge is 0.497 e. The highest BCUT2D eigenvalue weighted by atomic mass is 16.5. The summed E-state index contributed by atoms with van der Waals surface area (Å²) < 4.78 is 10.5. The monoisotopic (exact) mass is 379 g/mol. The van der Waals surface area contributed by atoms with Crippen LogP contribution in [0.15, 0.2) is 53.3 Å². The Balaban J connectivity index is 1.32. The number of rotatable bonds is 5. The lowest BCUT2D eigenvalue weighted by Crippen LogP contribution is -2.38. The predicted molar refractivity (Wildman–Crippen MR) is 102 cm³/mol. The zero-order valence-corrected chi connectivity index (χ0v) is 15.5. The molecule has 0 spiro atoms. The zero-order chi connectivity index (χ0) is 19.3. The maximum absolute atomic E-state index is 12.5. The number of ether oxygens (including phenoxy) is 1. The van der Waals surface area contributed by atoms with E-state index in [0.29, 0.717) is 31.3 Å². The molecule has 0 radical (unpaired) electrons. The average molecular weight is 379 g/mol. The maximum Gasteiger partial charge on any atom is 0.317 e. The number of carbonyl (C=O) groups is 1. The molecule has 4 rings (SSSR count). The fraction of sp³-hybridized carbons (Fsp3) is 0.300. The molecule has 0 aliphatic carbocycles. The summed E-state index contributed by atoms with van der Waals surface area (Å²) in [6.07, 6.45) is 4.18. The SMILES string of the molecule is COc1ccc(CNC(=O)N2CCC(c3noc(-c4ccncc4)n3)C2)cc1. The zero-order valence-electron chi connectivity index (χ0n) is 15.5. The number of likely N-dealkylation sites (tertiary alicyclic amines) is 1. The van der Waals surface area contributed by atoms with E-state index in [-0.39, 0.29) is 11.9 Å². The lowest BCUT2D eigenvalue weighted by Gasteiger charge is -2.17. The fourth-order valence-corrected chi connectivity index (χ4v) is 3.20. The molecule has 2 aromatic heterocycles. The number of pyridine rings is 1. The quantitative estimate of drug-likeness (QED) is 0.733. The number of hydrogen-bond acceptors (Lipinski definition) is 6. The first-order chi connectivity index (χ1) is 13.7. The molecule has 3 heterocycles. The van der Waals surface area contributed by atoms with Crippen LogP contribution in [-0.2, 0) is 6.54 Å². The molecule has 0 saturated carbocycles. The van der Waals surface area contributed by atoms with Crippen LogP contribution in [0.2, 0.25) is 0 Å². The second-order valence-corrected chi connectivity index (χ2v) is 6.63. The van der Waals surface area contributed by atoms with Crippen LogP contribution in [0.3, 0.4) is 0 Å². The molecular weight excluding hydrogens is 358 g/mol. The summed E-state index contributed by atoms with van der Waals surface area (Å²) in [6, 6.07) is 11.2. The lowest BCUT2D eigenvalue weighted by molar-refractivity contribution is 0.207. The first kappa shape index (κ1) is 18.0. The van der Waals surface area contributed by atoms with Crippen molar-refractivity contribution in [2.75, 3.05) is 20.2 Å². The number of carbonyl (C=O) groups excluding carboxylic acids is 1. The summed E-state index contributed by atoms with van der Waals surface area (Å²) in [6.45, 7) is 1.71. The Labute approximate surface area is 162 Å². The van der Waals surface area contributed by atoms with Crippen LogP contribution in [0.4, 0.5) is 4.79 Å². The van der Waals surface area contributed by atoms with E-state index in [0.717, 1.165) is 23.3 Å². The van der Waals surface area contributed by atoms with E-state index in [1.165, 1.54) is 0 Å². The normalized spacial score (nSPS) is 16.2. The summed E-state index contributed by atoms with van der Waals surface area (Å²) >= 11 is 0. The van der Waals surface area contributed by atoms with E-state index in [9.17, 15) is 4.79 Å². The van der Waals surface area contributed by atoms with Crippen LogP contribution >= 0.6 is 0 Å². The summed E-state index contributed by atoms with van der Waals surface area (Å²) in [5.74, 6) is 1.98. The van der Waals surface area contributed by atoms with E-state index in [1.807, 2.05) is 36.4 Å². The van der Waals surface area contributed by atoms with Gasteiger partial charge in [0.05, 0.1) is 7.11 Å². The van der Waals surface area contributed by atoms with Gasteiger partial charge in [0.1, 0.15) is 5.75 Å². The van der Waals surface area contributed by atoms with Gasteiger partial charge in [-0.15, -0.1) is 0 Å². The fourth-order valence-electron chi connectivity index (χ4n) is 3.20. The summed E-state index contributed by atoms with van der Waals surface area (Å²) in [7, 11) is 1.63. The van der Waals surface area contributed by atoms with Gasteiger partial charge in [0, 0.05) is 43.5 Å². The third-order valence-corrected chi connectivity index (χ3v) is 4.81. The Morgan fingerprint density at radius 1 is 1.25 bits per heavy atom. The van der Waals surface area contributed by atoms with Crippen LogP contribution in [0.5, 0.6) is 5.75 Å². The molecule has 8 nitrogen and oxygen atoms in total. The molecule has 144 valence electrons. The van der Waals surface area contributed by atoms with Crippen molar-refractivity contribution in [3.05, 3.63) is 60.2 Å². The molecule has 1 aliphatic rings. The van der Waals surface area contributed by atoms with Gasteiger partial charge in [0.2, 0.25) is 0 Å². The molecule has 1 unspecified atom stereocenters. The molecule has 1 aromatic carbocycles. The van der Waals surface area contributed by atoms with Crippen molar-refractivity contribution in [2.45, 2.75) is 18.9 Å². The van der Waals surface area contributed by atoms with Gasteiger partial charge in [-0.3, -0.25) is 4.98 Å².